The minimum atomic E-state index is -4.40. The molecule has 0 atom stereocenters. The molecular weight excluding hydrogens is 254 g/mol. The van der Waals surface area contributed by atoms with Gasteiger partial charge in [0.15, 0.2) is 15.9 Å². The Morgan fingerprint density at radius 2 is 2.07 bits per heavy atom. The zero-order valence-electron chi connectivity index (χ0n) is 6.99. The predicted molar refractivity (Wildman–Crippen MR) is 47.2 cm³/mol. The molecule has 0 unspecified atom stereocenters. The quantitative estimate of drug-likeness (QED) is 0.775. The largest absolute Gasteiger partial charge is 0.505 e. The van der Waals surface area contributed by atoms with Crippen molar-refractivity contribution < 1.29 is 22.3 Å². The predicted octanol–water partition coefficient (Wildman–Crippen LogP) is 1.03. The molecule has 1 aromatic rings. The molecule has 5 nitrogen and oxygen atoms in total. The van der Waals surface area contributed by atoms with E-state index >= 15 is 0 Å². The smallest absolute Gasteiger partial charge is 0.266 e. The Labute approximate surface area is 88.5 Å². The van der Waals surface area contributed by atoms with Crippen molar-refractivity contribution in [3.8, 4) is 5.75 Å². The van der Waals surface area contributed by atoms with Crippen LogP contribution in [0.25, 0.3) is 0 Å². The molecule has 15 heavy (non-hydrogen) atoms. The summed E-state index contributed by atoms with van der Waals surface area (Å²) in [5, 5.41) is 12.0. The number of nitrogens with two attached hydrogens (primary N) is 1. The van der Waals surface area contributed by atoms with Crippen molar-refractivity contribution in [2.24, 2.45) is 5.14 Å². The van der Waals surface area contributed by atoms with Crippen LogP contribution in [0.2, 0.25) is 5.15 Å². The Hall–Kier alpha value is -0.990. The van der Waals surface area contributed by atoms with Gasteiger partial charge in [0.05, 0.1) is 5.56 Å². The van der Waals surface area contributed by atoms with E-state index in [2.05, 4.69) is 10.1 Å². The number of rotatable bonds is 2. The van der Waals surface area contributed by atoms with Crippen molar-refractivity contribution in [3.05, 3.63) is 16.8 Å². The molecule has 0 bridgehead atoms. The SMILES string of the molecule is NS(=O)(=O)c1nc(Cl)c(O)cc1C(F)F. The molecule has 0 amide bonds. The summed E-state index contributed by atoms with van der Waals surface area (Å²) in [6.07, 6.45) is -3.13. The fourth-order valence-electron chi connectivity index (χ4n) is 0.864. The molecule has 0 radical (unpaired) electrons. The van der Waals surface area contributed by atoms with Crippen molar-refractivity contribution >= 4 is 21.6 Å². The maximum absolute atomic E-state index is 12.4. The first kappa shape index (κ1) is 12.1. The summed E-state index contributed by atoms with van der Waals surface area (Å²) < 4.78 is 46.4. The average molecular weight is 259 g/mol. The standard InChI is InChI=1S/C6H5ClF2N2O3S/c7-4-3(12)1-2(5(8)9)6(11-4)15(10,13)14/h1,5,12H,(H2,10,13,14). The topological polar surface area (TPSA) is 93.3 Å². The molecule has 0 saturated heterocycles. The number of pyridine rings is 1. The van der Waals surface area contributed by atoms with E-state index in [1.165, 1.54) is 0 Å². The van der Waals surface area contributed by atoms with Crippen molar-refractivity contribution in [1.82, 2.24) is 4.98 Å². The van der Waals surface area contributed by atoms with Crippen LogP contribution in [-0.2, 0) is 10.0 Å². The third-order valence-electron chi connectivity index (χ3n) is 1.45. The normalized spacial score (nSPS) is 12.1. The lowest BCUT2D eigenvalue weighted by molar-refractivity contribution is 0.146. The van der Waals surface area contributed by atoms with Gasteiger partial charge in [0.1, 0.15) is 0 Å². The van der Waals surface area contributed by atoms with Crippen LogP contribution in [0, 0.1) is 0 Å². The molecule has 0 saturated carbocycles. The number of nitrogens with zero attached hydrogens (tertiary/aromatic N) is 1. The molecule has 9 heteroatoms. The van der Waals surface area contributed by atoms with Crippen molar-refractivity contribution in [2.75, 3.05) is 0 Å². The van der Waals surface area contributed by atoms with Gasteiger partial charge in [-0.2, -0.15) is 0 Å². The second-order valence-electron chi connectivity index (χ2n) is 2.54. The van der Waals surface area contributed by atoms with E-state index in [1.54, 1.807) is 0 Å². The first-order chi connectivity index (χ1) is 6.73. The summed E-state index contributed by atoms with van der Waals surface area (Å²) in [5.74, 6) is -0.737. The molecule has 0 fully saturated rings. The van der Waals surface area contributed by atoms with Gasteiger partial charge in [-0.1, -0.05) is 11.6 Å². The number of hydrogen-bond acceptors (Lipinski definition) is 4. The number of primary sulfonamides is 1. The molecule has 0 aliphatic rings. The second kappa shape index (κ2) is 3.87. The highest BCUT2D eigenvalue weighted by atomic mass is 35.5. The Morgan fingerprint density at radius 1 is 1.53 bits per heavy atom. The first-order valence-electron chi connectivity index (χ1n) is 3.44. The summed E-state index contributed by atoms with van der Waals surface area (Å²) in [4.78, 5) is 3.09. The van der Waals surface area contributed by atoms with Crippen LogP contribution >= 0.6 is 11.6 Å². The van der Waals surface area contributed by atoms with Crippen LogP contribution in [0.4, 0.5) is 8.78 Å². The molecule has 84 valence electrons. The van der Waals surface area contributed by atoms with Crippen LogP contribution < -0.4 is 5.14 Å². The summed E-state index contributed by atoms with van der Waals surface area (Å²) >= 11 is 5.27. The van der Waals surface area contributed by atoms with Crippen LogP contribution in [-0.4, -0.2) is 18.5 Å². The highest BCUT2D eigenvalue weighted by molar-refractivity contribution is 7.89. The lowest BCUT2D eigenvalue weighted by Crippen LogP contribution is -2.16. The van der Waals surface area contributed by atoms with Crippen LogP contribution in [0.15, 0.2) is 11.1 Å². The van der Waals surface area contributed by atoms with E-state index < -0.39 is 37.9 Å². The molecule has 0 aliphatic heterocycles. The highest BCUT2D eigenvalue weighted by Crippen LogP contribution is 2.31. The van der Waals surface area contributed by atoms with Gasteiger partial charge in [0.2, 0.25) is 0 Å². The van der Waals surface area contributed by atoms with Crippen LogP contribution in [0.3, 0.4) is 0 Å². The number of aromatic hydroxyl groups is 1. The monoisotopic (exact) mass is 258 g/mol. The van der Waals surface area contributed by atoms with Gasteiger partial charge in [-0.25, -0.2) is 27.3 Å². The van der Waals surface area contributed by atoms with Gasteiger partial charge in [-0.15, -0.1) is 0 Å². The Balaban J connectivity index is 3.56. The van der Waals surface area contributed by atoms with E-state index in [1.807, 2.05) is 0 Å². The maximum Gasteiger partial charge on any atom is 0.266 e. The third-order valence-corrected chi connectivity index (χ3v) is 2.60. The van der Waals surface area contributed by atoms with Crippen molar-refractivity contribution in [2.45, 2.75) is 11.5 Å². The van der Waals surface area contributed by atoms with E-state index in [9.17, 15) is 17.2 Å². The van der Waals surface area contributed by atoms with E-state index in [0.29, 0.717) is 6.07 Å². The third kappa shape index (κ3) is 2.52. The van der Waals surface area contributed by atoms with Gasteiger partial charge in [-0.3, -0.25) is 0 Å². The molecule has 0 aromatic carbocycles. The zero-order valence-corrected chi connectivity index (χ0v) is 8.56. The minimum absolute atomic E-state index is 0.514. The molecular formula is C6H5ClF2N2O3S. The number of aromatic nitrogens is 1. The summed E-state index contributed by atoms with van der Waals surface area (Å²) in [6.45, 7) is 0. The highest BCUT2D eigenvalue weighted by Gasteiger charge is 2.24. The number of halogens is 3. The fraction of sp³-hybridized carbons (Fsp3) is 0.167. The van der Waals surface area contributed by atoms with Gasteiger partial charge < -0.3 is 5.11 Å². The van der Waals surface area contributed by atoms with Gasteiger partial charge in [0.25, 0.3) is 16.4 Å². The van der Waals surface area contributed by atoms with E-state index in [4.69, 9.17) is 16.7 Å². The minimum Gasteiger partial charge on any atom is -0.505 e. The van der Waals surface area contributed by atoms with Crippen LogP contribution in [0.1, 0.15) is 12.0 Å². The Bertz CT molecular complexity index is 491. The first-order valence-corrected chi connectivity index (χ1v) is 5.36. The van der Waals surface area contributed by atoms with Gasteiger partial charge >= 0.3 is 0 Å². The Kier molecular flexibility index (Phi) is 3.12. The van der Waals surface area contributed by atoms with Crippen molar-refractivity contribution in [1.29, 1.82) is 0 Å². The van der Waals surface area contributed by atoms with Crippen molar-refractivity contribution in [3.63, 3.8) is 0 Å². The summed E-state index contributed by atoms with van der Waals surface area (Å²) in [6, 6.07) is 0.514. The van der Waals surface area contributed by atoms with E-state index in [-0.39, 0.29) is 0 Å². The van der Waals surface area contributed by atoms with Gasteiger partial charge in [-0.05, 0) is 6.07 Å². The lowest BCUT2D eigenvalue weighted by atomic mass is 10.3. The molecule has 3 N–H and O–H groups in total. The average Bonchev–Trinajstić information content (AvgIpc) is 2.06. The molecule has 0 spiro atoms. The van der Waals surface area contributed by atoms with Crippen LogP contribution in [0.5, 0.6) is 5.75 Å². The Morgan fingerprint density at radius 3 is 2.47 bits per heavy atom. The van der Waals surface area contributed by atoms with Gasteiger partial charge in [0, 0.05) is 0 Å². The lowest BCUT2D eigenvalue weighted by Gasteiger charge is -2.07. The summed E-state index contributed by atoms with van der Waals surface area (Å²) in [7, 11) is -4.40. The zero-order chi connectivity index (χ0) is 11.8. The molecule has 1 heterocycles. The number of hydrogen-bond donors (Lipinski definition) is 2. The second-order valence-corrected chi connectivity index (χ2v) is 4.37. The maximum atomic E-state index is 12.4. The molecule has 1 rings (SSSR count). The molecule has 1 aromatic heterocycles. The summed E-state index contributed by atoms with van der Waals surface area (Å²) in [5.41, 5.74) is -0.987. The van der Waals surface area contributed by atoms with E-state index in [0.717, 1.165) is 0 Å². The number of alkyl halides is 2. The molecule has 0 aliphatic carbocycles. The number of sulfonamides is 1. The fourth-order valence-corrected chi connectivity index (χ4v) is 1.75.